The molecule has 2 atom stereocenters. The summed E-state index contributed by atoms with van der Waals surface area (Å²) >= 11 is 0. The monoisotopic (exact) mass is 202 g/mol. The minimum atomic E-state index is 0.806. The topological polar surface area (TPSA) is 6.48 Å². The van der Waals surface area contributed by atoms with Gasteiger partial charge in [0.1, 0.15) is 0 Å². The van der Waals surface area contributed by atoms with Crippen LogP contribution >= 0.6 is 0 Å². The van der Waals surface area contributed by atoms with E-state index in [4.69, 9.17) is 0 Å². The Hall–Kier alpha value is -0.860. The summed E-state index contributed by atoms with van der Waals surface area (Å²) in [5.74, 6) is 0. The molecular formula is C13H18N2. The Balaban J connectivity index is 1.67. The molecule has 2 saturated heterocycles. The van der Waals surface area contributed by atoms with Gasteiger partial charge in [-0.1, -0.05) is 30.3 Å². The van der Waals surface area contributed by atoms with Crippen molar-refractivity contribution in [2.24, 2.45) is 0 Å². The van der Waals surface area contributed by atoms with E-state index in [1.807, 2.05) is 0 Å². The molecular weight excluding hydrogens is 184 g/mol. The molecule has 0 aliphatic carbocycles. The Kier molecular flexibility index (Phi) is 2.26. The fourth-order valence-electron chi connectivity index (χ4n) is 2.96. The zero-order chi connectivity index (χ0) is 10.3. The number of hydrogen-bond acceptors (Lipinski definition) is 2. The second kappa shape index (κ2) is 3.62. The molecule has 2 fully saturated rings. The molecule has 1 aromatic carbocycles. The van der Waals surface area contributed by atoms with Gasteiger partial charge in [-0.15, -0.1) is 0 Å². The predicted octanol–water partition coefficient (Wildman–Crippen LogP) is 1.57. The summed E-state index contributed by atoms with van der Waals surface area (Å²) in [5.41, 5.74) is 1.45. The molecule has 0 saturated carbocycles. The molecule has 0 spiro atoms. The van der Waals surface area contributed by atoms with Crippen LogP contribution in [0.25, 0.3) is 0 Å². The fraction of sp³-hybridized carbons (Fsp3) is 0.538. The molecule has 80 valence electrons. The van der Waals surface area contributed by atoms with Crippen molar-refractivity contribution in [1.82, 2.24) is 9.80 Å². The summed E-state index contributed by atoms with van der Waals surface area (Å²) in [6.07, 6.45) is 1.38. The van der Waals surface area contributed by atoms with E-state index >= 15 is 0 Å². The van der Waals surface area contributed by atoms with E-state index < -0.39 is 0 Å². The third-order valence-corrected chi connectivity index (χ3v) is 3.86. The van der Waals surface area contributed by atoms with Crippen LogP contribution in [0.5, 0.6) is 0 Å². The quantitative estimate of drug-likeness (QED) is 0.718. The van der Waals surface area contributed by atoms with Gasteiger partial charge in [-0.05, 0) is 19.0 Å². The SMILES string of the molecule is CN1C[C@H]2CC1CN2Cc1ccccc1. The van der Waals surface area contributed by atoms with Gasteiger partial charge in [0, 0.05) is 31.7 Å². The number of benzene rings is 1. The Labute approximate surface area is 91.5 Å². The highest BCUT2D eigenvalue weighted by atomic mass is 15.3. The van der Waals surface area contributed by atoms with E-state index in [1.165, 1.54) is 25.1 Å². The highest BCUT2D eigenvalue weighted by molar-refractivity contribution is 5.15. The molecule has 2 heteroatoms. The molecule has 0 radical (unpaired) electrons. The number of rotatable bonds is 2. The van der Waals surface area contributed by atoms with Crippen molar-refractivity contribution >= 4 is 0 Å². The second-order valence-corrected chi connectivity index (χ2v) is 4.90. The van der Waals surface area contributed by atoms with Crippen LogP contribution in [-0.2, 0) is 6.54 Å². The number of fused-ring (bicyclic) bond motifs is 2. The number of hydrogen-bond donors (Lipinski definition) is 0. The van der Waals surface area contributed by atoms with E-state index in [0.29, 0.717) is 0 Å². The molecule has 1 unspecified atom stereocenters. The summed E-state index contributed by atoms with van der Waals surface area (Å²) in [5, 5.41) is 0. The van der Waals surface area contributed by atoms with Crippen LogP contribution in [0.2, 0.25) is 0 Å². The van der Waals surface area contributed by atoms with Crippen LogP contribution in [0.1, 0.15) is 12.0 Å². The van der Waals surface area contributed by atoms with Gasteiger partial charge >= 0.3 is 0 Å². The highest BCUT2D eigenvalue weighted by Crippen LogP contribution is 2.30. The van der Waals surface area contributed by atoms with Gasteiger partial charge in [0.05, 0.1) is 0 Å². The summed E-state index contributed by atoms with van der Waals surface area (Å²) in [7, 11) is 2.25. The maximum absolute atomic E-state index is 2.64. The minimum absolute atomic E-state index is 0.806. The zero-order valence-electron chi connectivity index (χ0n) is 9.26. The molecule has 2 aliphatic heterocycles. The maximum atomic E-state index is 2.64. The molecule has 15 heavy (non-hydrogen) atoms. The number of nitrogens with zero attached hydrogens (tertiary/aromatic N) is 2. The molecule has 0 amide bonds. The third kappa shape index (κ3) is 1.68. The maximum Gasteiger partial charge on any atom is 0.0242 e. The molecule has 1 aromatic rings. The minimum Gasteiger partial charge on any atom is -0.301 e. The van der Waals surface area contributed by atoms with Crippen molar-refractivity contribution in [3.8, 4) is 0 Å². The van der Waals surface area contributed by atoms with Gasteiger partial charge in [0.15, 0.2) is 0 Å². The van der Waals surface area contributed by atoms with Gasteiger partial charge in [0.2, 0.25) is 0 Å². The Morgan fingerprint density at radius 3 is 2.53 bits per heavy atom. The molecule has 0 N–H and O–H groups in total. The molecule has 2 heterocycles. The smallest absolute Gasteiger partial charge is 0.0242 e. The average molecular weight is 202 g/mol. The van der Waals surface area contributed by atoms with Gasteiger partial charge in [-0.25, -0.2) is 0 Å². The standard InChI is InChI=1S/C13H18N2/c1-14-9-13-7-12(14)10-15(13)8-11-5-3-2-4-6-11/h2-6,12-13H,7-10H2,1H3/t12?,13-/m1/s1. The summed E-state index contributed by atoms with van der Waals surface area (Å²) in [6, 6.07) is 12.4. The van der Waals surface area contributed by atoms with Crippen LogP contribution in [0.3, 0.4) is 0 Å². The summed E-state index contributed by atoms with van der Waals surface area (Å²) in [4.78, 5) is 5.14. The first-order valence-electron chi connectivity index (χ1n) is 5.81. The largest absolute Gasteiger partial charge is 0.301 e. The van der Waals surface area contributed by atoms with Crippen LogP contribution in [0, 0.1) is 0 Å². The Morgan fingerprint density at radius 1 is 1.13 bits per heavy atom. The molecule has 2 nitrogen and oxygen atoms in total. The molecule has 3 rings (SSSR count). The predicted molar refractivity (Wildman–Crippen MR) is 61.7 cm³/mol. The molecule has 2 aliphatic rings. The molecule has 0 aromatic heterocycles. The zero-order valence-corrected chi connectivity index (χ0v) is 9.26. The van der Waals surface area contributed by atoms with E-state index in [2.05, 4.69) is 47.2 Å². The van der Waals surface area contributed by atoms with Crippen molar-refractivity contribution in [1.29, 1.82) is 0 Å². The first-order valence-corrected chi connectivity index (χ1v) is 5.81. The van der Waals surface area contributed by atoms with Gasteiger partial charge in [-0.2, -0.15) is 0 Å². The van der Waals surface area contributed by atoms with Crippen LogP contribution in [-0.4, -0.2) is 42.0 Å². The highest BCUT2D eigenvalue weighted by Gasteiger charge is 2.40. The second-order valence-electron chi connectivity index (χ2n) is 4.90. The summed E-state index contributed by atoms with van der Waals surface area (Å²) in [6.45, 7) is 3.66. The van der Waals surface area contributed by atoms with Gasteiger partial charge < -0.3 is 4.90 Å². The Morgan fingerprint density at radius 2 is 1.93 bits per heavy atom. The van der Waals surface area contributed by atoms with E-state index in [-0.39, 0.29) is 0 Å². The average Bonchev–Trinajstić information content (AvgIpc) is 2.78. The lowest BCUT2D eigenvalue weighted by atomic mass is 10.2. The fourth-order valence-corrected chi connectivity index (χ4v) is 2.96. The van der Waals surface area contributed by atoms with Crippen molar-refractivity contribution < 1.29 is 0 Å². The van der Waals surface area contributed by atoms with Gasteiger partial charge in [-0.3, -0.25) is 4.90 Å². The van der Waals surface area contributed by atoms with Crippen molar-refractivity contribution in [3.05, 3.63) is 35.9 Å². The number of piperazine rings is 1. The third-order valence-electron chi connectivity index (χ3n) is 3.86. The Bertz CT molecular complexity index is 334. The first kappa shape index (κ1) is 9.37. The van der Waals surface area contributed by atoms with Crippen LogP contribution in [0.4, 0.5) is 0 Å². The van der Waals surface area contributed by atoms with Crippen molar-refractivity contribution in [3.63, 3.8) is 0 Å². The number of likely N-dealkylation sites (tertiary alicyclic amines) is 2. The van der Waals surface area contributed by atoms with Gasteiger partial charge in [0.25, 0.3) is 0 Å². The van der Waals surface area contributed by atoms with E-state index in [0.717, 1.165) is 18.6 Å². The van der Waals surface area contributed by atoms with Crippen LogP contribution < -0.4 is 0 Å². The van der Waals surface area contributed by atoms with E-state index in [9.17, 15) is 0 Å². The lowest BCUT2D eigenvalue weighted by molar-refractivity contribution is 0.143. The van der Waals surface area contributed by atoms with Crippen molar-refractivity contribution in [2.45, 2.75) is 25.0 Å². The van der Waals surface area contributed by atoms with E-state index in [1.54, 1.807) is 0 Å². The lowest BCUT2D eigenvalue weighted by Gasteiger charge is -2.31. The van der Waals surface area contributed by atoms with Crippen LogP contribution in [0.15, 0.2) is 30.3 Å². The van der Waals surface area contributed by atoms with Crippen molar-refractivity contribution in [2.75, 3.05) is 20.1 Å². The normalized spacial score (nSPS) is 31.3. The molecule has 2 bridgehead atoms. The summed E-state index contributed by atoms with van der Waals surface area (Å²) < 4.78 is 0. The lowest BCUT2D eigenvalue weighted by Crippen LogP contribution is -2.43. The number of likely N-dealkylation sites (N-methyl/N-ethyl adjacent to an activating group) is 1. The first-order chi connectivity index (χ1) is 7.33.